The third-order valence-electron chi connectivity index (χ3n) is 3.35. The van der Waals surface area contributed by atoms with Crippen LogP contribution in [0.2, 0.25) is 10.0 Å². The normalized spacial score (nSPS) is 10.8. The molecule has 0 unspecified atom stereocenters. The summed E-state index contributed by atoms with van der Waals surface area (Å²) in [4.78, 5) is 0. The van der Waals surface area contributed by atoms with E-state index in [1.165, 1.54) is 0 Å². The molecule has 0 aliphatic rings. The fourth-order valence-corrected chi connectivity index (χ4v) is 2.63. The van der Waals surface area contributed by atoms with Crippen molar-refractivity contribution in [1.82, 2.24) is 9.78 Å². The van der Waals surface area contributed by atoms with Crippen LogP contribution < -0.4 is 5.73 Å². The van der Waals surface area contributed by atoms with E-state index in [1.807, 2.05) is 55.6 Å². The van der Waals surface area contributed by atoms with E-state index < -0.39 is 0 Å². The SMILES string of the molecule is Cn1nc(-c2ccccc2Cl)c(-c2ccc(Cl)cc2)c1N. The maximum Gasteiger partial charge on any atom is 0.129 e. The van der Waals surface area contributed by atoms with Crippen molar-refractivity contribution in [3.05, 3.63) is 58.6 Å². The van der Waals surface area contributed by atoms with Gasteiger partial charge in [-0.3, -0.25) is 4.68 Å². The highest BCUT2D eigenvalue weighted by Crippen LogP contribution is 2.38. The number of nitrogens with two attached hydrogens (primary N) is 1. The Bertz CT molecular complexity index is 792. The summed E-state index contributed by atoms with van der Waals surface area (Å²) < 4.78 is 1.66. The molecule has 0 saturated heterocycles. The first-order valence-electron chi connectivity index (χ1n) is 6.41. The van der Waals surface area contributed by atoms with Gasteiger partial charge in [-0.1, -0.05) is 53.5 Å². The number of aryl methyl sites for hydroxylation is 1. The third kappa shape index (κ3) is 2.50. The Hall–Kier alpha value is -1.97. The van der Waals surface area contributed by atoms with E-state index in [0.29, 0.717) is 15.9 Å². The van der Waals surface area contributed by atoms with Gasteiger partial charge in [0.15, 0.2) is 0 Å². The molecule has 0 spiro atoms. The first-order valence-corrected chi connectivity index (χ1v) is 7.17. The molecular formula is C16H13Cl2N3. The predicted octanol–water partition coefficient (Wildman–Crippen LogP) is 4.64. The summed E-state index contributed by atoms with van der Waals surface area (Å²) in [7, 11) is 1.81. The molecule has 106 valence electrons. The summed E-state index contributed by atoms with van der Waals surface area (Å²) in [6.45, 7) is 0. The number of benzene rings is 2. The predicted molar refractivity (Wildman–Crippen MR) is 88.5 cm³/mol. The minimum Gasteiger partial charge on any atom is -0.383 e. The van der Waals surface area contributed by atoms with E-state index in [1.54, 1.807) is 4.68 Å². The number of nitrogen functional groups attached to an aromatic ring is 1. The number of hydrogen-bond donors (Lipinski definition) is 1. The highest BCUT2D eigenvalue weighted by Gasteiger charge is 2.18. The molecule has 0 saturated carbocycles. The molecule has 0 amide bonds. The van der Waals surface area contributed by atoms with Gasteiger partial charge < -0.3 is 5.73 Å². The van der Waals surface area contributed by atoms with Crippen LogP contribution in [0.3, 0.4) is 0 Å². The van der Waals surface area contributed by atoms with Gasteiger partial charge in [-0.05, 0) is 23.8 Å². The van der Waals surface area contributed by atoms with Gasteiger partial charge in [-0.15, -0.1) is 0 Å². The van der Waals surface area contributed by atoms with Gasteiger partial charge in [-0.25, -0.2) is 0 Å². The molecule has 3 aromatic rings. The summed E-state index contributed by atoms with van der Waals surface area (Å²) >= 11 is 12.2. The van der Waals surface area contributed by atoms with Gasteiger partial charge in [-0.2, -0.15) is 5.10 Å². The Morgan fingerprint density at radius 3 is 2.33 bits per heavy atom. The van der Waals surface area contributed by atoms with E-state index in [2.05, 4.69) is 5.10 Å². The van der Waals surface area contributed by atoms with E-state index in [0.717, 1.165) is 22.4 Å². The molecule has 1 aromatic heterocycles. The van der Waals surface area contributed by atoms with Crippen molar-refractivity contribution in [2.75, 3.05) is 5.73 Å². The molecule has 2 N–H and O–H groups in total. The van der Waals surface area contributed by atoms with Crippen LogP contribution in [0.4, 0.5) is 5.82 Å². The topological polar surface area (TPSA) is 43.8 Å². The first kappa shape index (κ1) is 14.0. The number of rotatable bonds is 2. The number of halogens is 2. The van der Waals surface area contributed by atoms with Gasteiger partial charge in [0.2, 0.25) is 0 Å². The average molecular weight is 318 g/mol. The van der Waals surface area contributed by atoms with Crippen LogP contribution in [0.5, 0.6) is 0 Å². The minimum atomic E-state index is 0.590. The standard InChI is InChI=1S/C16H13Cl2N3/c1-21-16(19)14(10-6-8-11(17)9-7-10)15(20-21)12-4-2-3-5-13(12)18/h2-9H,19H2,1H3. The summed E-state index contributed by atoms with van der Waals surface area (Å²) in [6.07, 6.45) is 0. The number of anilines is 1. The maximum atomic E-state index is 6.29. The van der Waals surface area contributed by atoms with Gasteiger partial charge in [0, 0.05) is 17.6 Å². The lowest BCUT2D eigenvalue weighted by molar-refractivity contribution is 0.782. The molecule has 3 rings (SSSR count). The fraction of sp³-hybridized carbons (Fsp3) is 0.0625. The smallest absolute Gasteiger partial charge is 0.129 e. The van der Waals surface area contributed by atoms with Crippen LogP contribution in [0.25, 0.3) is 22.4 Å². The molecule has 1 heterocycles. The van der Waals surface area contributed by atoms with Crippen molar-refractivity contribution in [1.29, 1.82) is 0 Å². The molecular weight excluding hydrogens is 305 g/mol. The van der Waals surface area contributed by atoms with Crippen molar-refractivity contribution in [3.63, 3.8) is 0 Å². The van der Waals surface area contributed by atoms with Crippen LogP contribution in [0.15, 0.2) is 48.5 Å². The zero-order valence-electron chi connectivity index (χ0n) is 11.3. The third-order valence-corrected chi connectivity index (χ3v) is 3.94. The Morgan fingerprint density at radius 1 is 1.00 bits per heavy atom. The van der Waals surface area contributed by atoms with Crippen molar-refractivity contribution in [2.45, 2.75) is 0 Å². The maximum absolute atomic E-state index is 6.29. The molecule has 5 heteroatoms. The molecule has 2 aromatic carbocycles. The summed E-state index contributed by atoms with van der Waals surface area (Å²) in [5.41, 5.74) is 9.63. The van der Waals surface area contributed by atoms with Crippen LogP contribution >= 0.6 is 23.2 Å². The molecule has 0 radical (unpaired) electrons. The second kappa shape index (κ2) is 5.43. The Balaban J connectivity index is 2.26. The fourth-order valence-electron chi connectivity index (χ4n) is 2.28. The molecule has 0 bridgehead atoms. The molecule has 0 aliphatic carbocycles. The molecule has 0 aliphatic heterocycles. The molecule has 0 atom stereocenters. The number of hydrogen-bond acceptors (Lipinski definition) is 2. The monoisotopic (exact) mass is 317 g/mol. The quantitative estimate of drug-likeness (QED) is 0.748. The number of nitrogens with zero attached hydrogens (tertiary/aromatic N) is 2. The largest absolute Gasteiger partial charge is 0.383 e. The second-order valence-electron chi connectivity index (χ2n) is 4.72. The van der Waals surface area contributed by atoms with Gasteiger partial charge in [0.05, 0.1) is 10.6 Å². The lowest BCUT2D eigenvalue weighted by atomic mass is 10.0. The summed E-state index contributed by atoms with van der Waals surface area (Å²) in [6, 6.07) is 15.1. The summed E-state index contributed by atoms with van der Waals surface area (Å²) in [5, 5.41) is 5.84. The molecule has 3 nitrogen and oxygen atoms in total. The Labute approximate surface area is 132 Å². The van der Waals surface area contributed by atoms with E-state index in [-0.39, 0.29) is 0 Å². The van der Waals surface area contributed by atoms with Gasteiger partial charge in [0.25, 0.3) is 0 Å². The van der Waals surface area contributed by atoms with E-state index in [4.69, 9.17) is 28.9 Å². The second-order valence-corrected chi connectivity index (χ2v) is 5.56. The van der Waals surface area contributed by atoms with Crippen LogP contribution in [-0.2, 0) is 7.05 Å². The van der Waals surface area contributed by atoms with Crippen molar-refractivity contribution < 1.29 is 0 Å². The van der Waals surface area contributed by atoms with Crippen molar-refractivity contribution >= 4 is 29.0 Å². The Kier molecular flexibility index (Phi) is 3.62. The van der Waals surface area contributed by atoms with E-state index >= 15 is 0 Å². The lowest BCUT2D eigenvalue weighted by Crippen LogP contribution is -1.97. The average Bonchev–Trinajstić information content (AvgIpc) is 2.76. The highest BCUT2D eigenvalue weighted by atomic mass is 35.5. The Morgan fingerprint density at radius 2 is 1.67 bits per heavy atom. The first-order chi connectivity index (χ1) is 10.1. The molecule has 0 fully saturated rings. The van der Waals surface area contributed by atoms with E-state index in [9.17, 15) is 0 Å². The zero-order valence-corrected chi connectivity index (χ0v) is 12.9. The lowest BCUT2D eigenvalue weighted by Gasteiger charge is -2.06. The molecule has 21 heavy (non-hydrogen) atoms. The highest BCUT2D eigenvalue weighted by molar-refractivity contribution is 6.33. The van der Waals surface area contributed by atoms with Crippen LogP contribution in [0.1, 0.15) is 0 Å². The van der Waals surface area contributed by atoms with Gasteiger partial charge >= 0.3 is 0 Å². The van der Waals surface area contributed by atoms with Crippen LogP contribution in [0, 0.1) is 0 Å². The van der Waals surface area contributed by atoms with Crippen molar-refractivity contribution in [3.8, 4) is 22.4 Å². The number of aromatic nitrogens is 2. The van der Waals surface area contributed by atoms with Crippen molar-refractivity contribution in [2.24, 2.45) is 7.05 Å². The summed E-state index contributed by atoms with van der Waals surface area (Å²) in [5.74, 6) is 0.590. The minimum absolute atomic E-state index is 0.590. The van der Waals surface area contributed by atoms with Crippen LogP contribution in [-0.4, -0.2) is 9.78 Å². The zero-order chi connectivity index (χ0) is 15.0. The van der Waals surface area contributed by atoms with Gasteiger partial charge in [0.1, 0.15) is 11.5 Å².